The second kappa shape index (κ2) is 10.7. The molecule has 0 fully saturated rings. The highest BCUT2D eigenvalue weighted by Crippen LogP contribution is 2.55. The van der Waals surface area contributed by atoms with Gasteiger partial charge in [-0.25, -0.2) is 0 Å². The first kappa shape index (κ1) is 30.3. The second-order valence-corrected chi connectivity index (χ2v) is 15.1. The Morgan fingerprint density at radius 1 is 0.333 bits per heavy atom. The van der Waals surface area contributed by atoms with Crippen LogP contribution in [0.15, 0.2) is 121 Å². The molecule has 0 spiro atoms. The first-order chi connectivity index (χ1) is 22.9. The van der Waals surface area contributed by atoms with Crippen molar-refractivity contribution >= 4 is 34.1 Å². The molecule has 0 amide bonds. The van der Waals surface area contributed by atoms with Gasteiger partial charge in [-0.1, -0.05) is 123 Å². The van der Waals surface area contributed by atoms with Crippen LogP contribution in [0.5, 0.6) is 0 Å². The number of fused-ring (bicyclic) bond motifs is 4. The summed E-state index contributed by atoms with van der Waals surface area (Å²) in [6, 6.07) is 46.0. The van der Waals surface area contributed by atoms with Gasteiger partial charge in [0.15, 0.2) is 0 Å². The third-order valence-electron chi connectivity index (χ3n) is 10.9. The van der Waals surface area contributed by atoms with E-state index in [2.05, 4.69) is 187 Å². The zero-order valence-electron chi connectivity index (χ0n) is 29.4. The van der Waals surface area contributed by atoms with Crippen molar-refractivity contribution in [2.75, 3.05) is 9.80 Å². The minimum atomic E-state index is -0.139. The topological polar surface area (TPSA) is 6.48 Å². The fraction of sp³-hybridized carbons (Fsp3) is 0.217. The summed E-state index contributed by atoms with van der Waals surface area (Å²) in [6.07, 6.45) is 0. The lowest BCUT2D eigenvalue weighted by Gasteiger charge is -2.43. The van der Waals surface area contributed by atoms with Gasteiger partial charge in [-0.2, -0.15) is 0 Å². The van der Waals surface area contributed by atoms with E-state index in [0.29, 0.717) is 0 Å². The average molecular weight is 625 g/mol. The van der Waals surface area contributed by atoms with Crippen LogP contribution >= 0.6 is 0 Å². The van der Waals surface area contributed by atoms with E-state index < -0.39 is 0 Å². The van der Waals surface area contributed by atoms with Crippen molar-refractivity contribution in [3.8, 4) is 11.1 Å². The van der Waals surface area contributed by atoms with Crippen LogP contribution in [0.25, 0.3) is 11.1 Å². The third kappa shape index (κ3) is 4.61. The third-order valence-corrected chi connectivity index (χ3v) is 10.9. The summed E-state index contributed by atoms with van der Waals surface area (Å²) in [6.45, 7) is 18.2. The van der Waals surface area contributed by atoms with E-state index in [1.54, 1.807) is 0 Å². The molecule has 0 unspecified atom stereocenters. The van der Waals surface area contributed by atoms with Crippen molar-refractivity contribution in [2.45, 2.75) is 66.2 Å². The van der Waals surface area contributed by atoms with Crippen LogP contribution < -0.4 is 9.80 Å². The van der Waals surface area contributed by atoms with Gasteiger partial charge in [0.25, 0.3) is 0 Å². The largest absolute Gasteiger partial charge is 0.310 e. The summed E-state index contributed by atoms with van der Waals surface area (Å²) < 4.78 is 0. The van der Waals surface area contributed by atoms with E-state index in [1.807, 2.05) is 0 Å². The molecule has 0 N–H and O–H groups in total. The molecule has 0 aromatic heterocycles. The molecule has 2 nitrogen and oxygen atoms in total. The fourth-order valence-corrected chi connectivity index (χ4v) is 8.03. The maximum Gasteiger partial charge on any atom is 0.0508 e. The Kier molecular flexibility index (Phi) is 6.76. The number of anilines is 6. The zero-order valence-corrected chi connectivity index (χ0v) is 29.4. The Balaban J connectivity index is 1.33. The van der Waals surface area contributed by atoms with Crippen LogP contribution in [0, 0.1) is 27.7 Å². The maximum absolute atomic E-state index is 2.47. The molecule has 8 rings (SSSR count). The molecule has 0 saturated heterocycles. The smallest absolute Gasteiger partial charge is 0.0508 e. The number of hydrogen-bond acceptors (Lipinski definition) is 2. The average Bonchev–Trinajstić information content (AvgIpc) is 3.07. The van der Waals surface area contributed by atoms with E-state index in [0.717, 1.165) is 0 Å². The molecule has 238 valence electrons. The SMILES string of the molecule is Cc1ccc(N2c3cc(-c4ccc5c(c4)N(c4ccc(C)cc4)c4ccc(C)cc4C5(C)C)ccc3C(C)(C)c3cc(C)ccc32)cc1. The van der Waals surface area contributed by atoms with E-state index in [4.69, 9.17) is 0 Å². The van der Waals surface area contributed by atoms with Gasteiger partial charge in [-0.05, 0) is 110 Å². The van der Waals surface area contributed by atoms with Crippen LogP contribution in [0.3, 0.4) is 0 Å². The minimum Gasteiger partial charge on any atom is -0.310 e. The molecule has 2 aliphatic rings. The van der Waals surface area contributed by atoms with Gasteiger partial charge in [0.1, 0.15) is 0 Å². The predicted octanol–water partition coefficient (Wildman–Crippen LogP) is 12.8. The first-order valence-corrected chi connectivity index (χ1v) is 17.2. The van der Waals surface area contributed by atoms with Crippen LogP contribution in [0.4, 0.5) is 34.1 Å². The quantitative estimate of drug-likeness (QED) is 0.193. The zero-order chi connectivity index (χ0) is 33.5. The number of hydrogen-bond donors (Lipinski definition) is 0. The van der Waals surface area contributed by atoms with E-state index >= 15 is 0 Å². The van der Waals surface area contributed by atoms with Gasteiger partial charge >= 0.3 is 0 Å². The molecule has 2 aliphatic heterocycles. The highest BCUT2D eigenvalue weighted by atomic mass is 15.2. The van der Waals surface area contributed by atoms with Crippen LogP contribution in [0.1, 0.15) is 72.2 Å². The molecule has 0 atom stereocenters. The summed E-state index contributed by atoms with van der Waals surface area (Å²) in [5, 5.41) is 0. The molecule has 0 bridgehead atoms. The number of benzene rings is 6. The van der Waals surface area contributed by atoms with Crippen molar-refractivity contribution in [3.05, 3.63) is 166 Å². The van der Waals surface area contributed by atoms with Crippen molar-refractivity contribution in [2.24, 2.45) is 0 Å². The van der Waals surface area contributed by atoms with Gasteiger partial charge in [0.2, 0.25) is 0 Å². The summed E-state index contributed by atoms with van der Waals surface area (Å²) >= 11 is 0. The summed E-state index contributed by atoms with van der Waals surface area (Å²) in [5.41, 5.74) is 20.0. The molecular weight excluding hydrogens is 581 g/mol. The second-order valence-electron chi connectivity index (χ2n) is 15.1. The first-order valence-electron chi connectivity index (χ1n) is 17.2. The van der Waals surface area contributed by atoms with Gasteiger partial charge in [-0.3, -0.25) is 0 Å². The van der Waals surface area contributed by atoms with Gasteiger partial charge in [-0.15, -0.1) is 0 Å². The summed E-state index contributed by atoms with van der Waals surface area (Å²) in [5.74, 6) is 0. The molecule has 0 saturated carbocycles. The molecular formula is C46H44N2. The van der Waals surface area contributed by atoms with Crippen LogP contribution in [0.2, 0.25) is 0 Å². The monoisotopic (exact) mass is 624 g/mol. The molecule has 48 heavy (non-hydrogen) atoms. The maximum atomic E-state index is 2.47. The Labute approximate surface area is 286 Å². The van der Waals surface area contributed by atoms with Crippen molar-refractivity contribution in [3.63, 3.8) is 0 Å². The normalized spacial score (nSPS) is 15.3. The Morgan fingerprint density at radius 3 is 1.06 bits per heavy atom. The minimum absolute atomic E-state index is 0.139. The van der Waals surface area contributed by atoms with Gasteiger partial charge in [0, 0.05) is 22.2 Å². The molecule has 2 heteroatoms. The Bertz CT molecular complexity index is 2060. The highest BCUT2D eigenvalue weighted by Gasteiger charge is 2.39. The fourth-order valence-electron chi connectivity index (χ4n) is 8.03. The van der Waals surface area contributed by atoms with E-state index in [-0.39, 0.29) is 10.8 Å². The standard InChI is InChI=1S/C46H44N2/c1-29-9-17-35(18-10-29)47-41-23-13-31(3)25-39(41)45(5,6)37-21-15-33(27-43(37)47)34-16-22-38-44(28-34)48(36-19-11-30(2)12-20-36)42-24-14-32(4)26-40(42)46(38,7)8/h9-28H,1-8H3. The molecule has 6 aromatic rings. The predicted molar refractivity (Wildman–Crippen MR) is 204 cm³/mol. The number of aryl methyl sites for hydroxylation is 4. The summed E-state index contributed by atoms with van der Waals surface area (Å²) in [7, 11) is 0. The lowest BCUT2D eigenvalue weighted by molar-refractivity contribution is 0.630. The van der Waals surface area contributed by atoms with Crippen molar-refractivity contribution in [1.29, 1.82) is 0 Å². The van der Waals surface area contributed by atoms with Crippen LogP contribution in [-0.2, 0) is 10.8 Å². The van der Waals surface area contributed by atoms with Gasteiger partial charge < -0.3 is 9.80 Å². The Morgan fingerprint density at radius 2 is 0.688 bits per heavy atom. The molecule has 6 aromatic carbocycles. The highest BCUT2D eigenvalue weighted by molar-refractivity contribution is 5.91. The molecule has 2 heterocycles. The van der Waals surface area contributed by atoms with Crippen LogP contribution in [-0.4, -0.2) is 0 Å². The van der Waals surface area contributed by atoms with E-state index in [1.165, 1.54) is 89.8 Å². The number of nitrogens with zero attached hydrogens (tertiary/aromatic N) is 2. The molecule has 0 radical (unpaired) electrons. The Hall–Kier alpha value is -5.08. The lowest BCUT2D eigenvalue weighted by Crippen LogP contribution is -2.31. The lowest BCUT2D eigenvalue weighted by atomic mass is 9.72. The number of rotatable bonds is 3. The van der Waals surface area contributed by atoms with Gasteiger partial charge in [0.05, 0.1) is 22.7 Å². The molecule has 0 aliphatic carbocycles. The summed E-state index contributed by atoms with van der Waals surface area (Å²) in [4.78, 5) is 4.94. The van der Waals surface area contributed by atoms with E-state index in [9.17, 15) is 0 Å². The van der Waals surface area contributed by atoms with Crippen molar-refractivity contribution in [1.82, 2.24) is 0 Å². The van der Waals surface area contributed by atoms with Crippen molar-refractivity contribution < 1.29 is 0 Å².